The molecule has 0 aliphatic heterocycles. The molecule has 0 N–H and O–H groups in total. The third kappa shape index (κ3) is 5.56. The molecule has 1 aromatic heterocycles. The number of para-hydroxylation sites is 1. The number of hydrogen-bond donors (Lipinski definition) is 0. The fourth-order valence-corrected chi connectivity index (χ4v) is 10.5. The Labute approximate surface area is 363 Å². The lowest BCUT2D eigenvalue weighted by Gasteiger charge is -2.28. The fraction of sp³-hybridized carbons (Fsp3) is 0.100. The number of rotatable bonds is 6. The van der Waals surface area contributed by atoms with Crippen molar-refractivity contribution in [3.63, 3.8) is 0 Å². The summed E-state index contributed by atoms with van der Waals surface area (Å²) in [6.07, 6.45) is 0. The molecule has 2 aliphatic rings. The first-order chi connectivity index (χ1) is 30.2. The molecule has 0 atom stereocenters. The van der Waals surface area contributed by atoms with Crippen LogP contribution in [0.3, 0.4) is 0 Å². The van der Waals surface area contributed by atoms with E-state index in [1.807, 2.05) is 12.1 Å². The van der Waals surface area contributed by atoms with Gasteiger partial charge >= 0.3 is 0 Å². The Kier molecular flexibility index (Phi) is 7.96. The standard InChI is InChI=1S/C60H45NO/c1-59(2)53-16-10-8-14-47(53)48-30-23-43(36-54(48)59)40-20-27-45(28-21-40)61(44-25-18-39(19-26-44)41-24-33-58-52(34-41)51-15-9-11-17-57(51)62-58)46-29-32-50-49-31-22-42(38-12-6-5-7-13-38)35-55(49)60(3,4)56(50)37-46/h5-37H,1-4H3. The molecule has 10 aromatic rings. The Morgan fingerprint density at radius 3 is 1.40 bits per heavy atom. The summed E-state index contributed by atoms with van der Waals surface area (Å²) in [4.78, 5) is 2.41. The van der Waals surface area contributed by atoms with E-state index in [9.17, 15) is 0 Å². The van der Waals surface area contributed by atoms with Crippen molar-refractivity contribution >= 4 is 39.0 Å². The van der Waals surface area contributed by atoms with Gasteiger partial charge in [0.15, 0.2) is 0 Å². The average molecular weight is 796 g/mol. The van der Waals surface area contributed by atoms with Gasteiger partial charge in [0, 0.05) is 38.7 Å². The molecule has 296 valence electrons. The number of benzene rings is 9. The minimum Gasteiger partial charge on any atom is -0.456 e. The van der Waals surface area contributed by atoms with Gasteiger partial charge < -0.3 is 9.32 Å². The van der Waals surface area contributed by atoms with Crippen LogP contribution in [0.5, 0.6) is 0 Å². The number of furan rings is 1. The highest BCUT2D eigenvalue weighted by molar-refractivity contribution is 6.06. The third-order valence-corrected chi connectivity index (χ3v) is 13.9. The van der Waals surface area contributed by atoms with E-state index in [1.165, 1.54) is 72.3 Å². The third-order valence-electron chi connectivity index (χ3n) is 13.9. The summed E-state index contributed by atoms with van der Waals surface area (Å²) in [7, 11) is 0. The van der Waals surface area contributed by atoms with Gasteiger partial charge in [0.05, 0.1) is 0 Å². The monoisotopic (exact) mass is 795 g/mol. The van der Waals surface area contributed by atoms with E-state index in [4.69, 9.17) is 4.42 Å². The molecule has 0 saturated carbocycles. The maximum Gasteiger partial charge on any atom is 0.135 e. The van der Waals surface area contributed by atoms with Gasteiger partial charge in [-0.2, -0.15) is 0 Å². The van der Waals surface area contributed by atoms with Crippen molar-refractivity contribution in [2.45, 2.75) is 38.5 Å². The van der Waals surface area contributed by atoms with Crippen LogP contribution in [0.25, 0.3) is 77.6 Å². The molecule has 0 spiro atoms. The summed E-state index contributed by atoms with van der Waals surface area (Å²) >= 11 is 0. The zero-order chi connectivity index (χ0) is 41.7. The normalized spacial score (nSPS) is 14.1. The highest BCUT2D eigenvalue weighted by Gasteiger charge is 2.37. The maximum atomic E-state index is 6.16. The van der Waals surface area contributed by atoms with Crippen molar-refractivity contribution in [3.8, 4) is 55.6 Å². The molecule has 0 radical (unpaired) electrons. The summed E-state index contributed by atoms with van der Waals surface area (Å²) in [6.45, 7) is 9.45. The minimum atomic E-state index is -0.179. The highest BCUT2D eigenvalue weighted by atomic mass is 16.3. The van der Waals surface area contributed by atoms with Crippen molar-refractivity contribution in [1.29, 1.82) is 0 Å². The quantitative estimate of drug-likeness (QED) is 0.167. The molecule has 0 fully saturated rings. The lowest BCUT2D eigenvalue weighted by molar-refractivity contribution is 0.660. The molecule has 0 saturated heterocycles. The van der Waals surface area contributed by atoms with E-state index in [0.29, 0.717) is 0 Å². The van der Waals surface area contributed by atoms with Crippen LogP contribution in [0.4, 0.5) is 17.1 Å². The van der Waals surface area contributed by atoms with E-state index in [1.54, 1.807) is 0 Å². The van der Waals surface area contributed by atoms with Gasteiger partial charge in [0.1, 0.15) is 11.2 Å². The van der Waals surface area contributed by atoms with Crippen molar-refractivity contribution in [2.75, 3.05) is 4.90 Å². The van der Waals surface area contributed by atoms with Crippen LogP contribution in [-0.4, -0.2) is 0 Å². The topological polar surface area (TPSA) is 16.4 Å². The molecule has 0 bridgehead atoms. The lowest BCUT2D eigenvalue weighted by Crippen LogP contribution is -2.16. The van der Waals surface area contributed by atoms with Crippen molar-refractivity contribution in [3.05, 3.63) is 222 Å². The van der Waals surface area contributed by atoms with Crippen molar-refractivity contribution in [1.82, 2.24) is 0 Å². The van der Waals surface area contributed by atoms with Gasteiger partial charge in [0.25, 0.3) is 0 Å². The van der Waals surface area contributed by atoms with Gasteiger partial charge in [-0.15, -0.1) is 0 Å². The van der Waals surface area contributed by atoms with Crippen LogP contribution in [0.1, 0.15) is 49.9 Å². The summed E-state index contributed by atoms with van der Waals surface area (Å²) in [6, 6.07) is 73.6. The largest absolute Gasteiger partial charge is 0.456 e. The molecule has 2 nitrogen and oxygen atoms in total. The molecule has 0 unspecified atom stereocenters. The predicted octanol–water partition coefficient (Wildman–Crippen LogP) is 16.7. The van der Waals surface area contributed by atoms with E-state index in [-0.39, 0.29) is 10.8 Å². The number of hydrogen-bond acceptors (Lipinski definition) is 2. The first kappa shape index (κ1) is 36.4. The Morgan fingerprint density at radius 2 is 0.742 bits per heavy atom. The Hall–Kier alpha value is -7.42. The maximum absolute atomic E-state index is 6.16. The fourth-order valence-electron chi connectivity index (χ4n) is 10.5. The smallest absolute Gasteiger partial charge is 0.135 e. The van der Waals surface area contributed by atoms with Crippen molar-refractivity contribution in [2.24, 2.45) is 0 Å². The highest BCUT2D eigenvalue weighted by Crippen LogP contribution is 2.53. The molecule has 2 heteroatoms. The second-order valence-electron chi connectivity index (χ2n) is 18.2. The van der Waals surface area contributed by atoms with Crippen LogP contribution >= 0.6 is 0 Å². The van der Waals surface area contributed by atoms with Crippen LogP contribution in [-0.2, 0) is 10.8 Å². The van der Waals surface area contributed by atoms with Gasteiger partial charge in [-0.25, -0.2) is 0 Å². The van der Waals surface area contributed by atoms with E-state index in [0.717, 1.165) is 44.6 Å². The second kappa shape index (κ2) is 13.5. The van der Waals surface area contributed by atoms with Crippen LogP contribution in [0.2, 0.25) is 0 Å². The molecule has 62 heavy (non-hydrogen) atoms. The zero-order valence-electron chi connectivity index (χ0n) is 35.4. The number of anilines is 3. The summed E-state index contributed by atoms with van der Waals surface area (Å²) in [5.74, 6) is 0. The molecule has 2 aliphatic carbocycles. The summed E-state index contributed by atoms with van der Waals surface area (Å²) in [5.41, 5.74) is 23.0. The Morgan fingerprint density at radius 1 is 0.306 bits per heavy atom. The Balaban J connectivity index is 0.941. The van der Waals surface area contributed by atoms with Crippen LogP contribution in [0.15, 0.2) is 205 Å². The number of fused-ring (bicyclic) bond motifs is 9. The van der Waals surface area contributed by atoms with Gasteiger partial charge in [-0.3, -0.25) is 0 Å². The minimum absolute atomic E-state index is 0.0486. The molecule has 1 heterocycles. The first-order valence-electron chi connectivity index (χ1n) is 21.7. The van der Waals surface area contributed by atoms with E-state index < -0.39 is 0 Å². The van der Waals surface area contributed by atoms with Gasteiger partial charge in [-0.05, 0) is 145 Å². The number of nitrogens with zero attached hydrogens (tertiary/aromatic N) is 1. The van der Waals surface area contributed by atoms with Crippen LogP contribution < -0.4 is 4.90 Å². The average Bonchev–Trinajstić information content (AvgIpc) is 3.88. The molecular weight excluding hydrogens is 751 g/mol. The summed E-state index contributed by atoms with van der Waals surface area (Å²) in [5, 5.41) is 2.28. The van der Waals surface area contributed by atoms with E-state index >= 15 is 0 Å². The molecular formula is C60H45NO. The second-order valence-corrected chi connectivity index (χ2v) is 18.2. The predicted molar refractivity (Wildman–Crippen MR) is 260 cm³/mol. The first-order valence-corrected chi connectivity index (χ1v) is 21.7. The Bertz CT molecular complexity index is 3390. The zero-order valence-corrected chi connectivity index (χ0v) is 35.4. The molecule has 12 rings (SSSR count). The SMILES string of the molecule is CC1(C)c2ccccc2-c2ccc(-c3ccc(N(c4ccc(-c5ccc6oc7ccccc7c6c5)cc4)c4ccc5c(c4)C(C)(C)c4cc(-c6ccccc6)ccc4-5)cc3)cc21. The molecule has 9 aromatic carbocycles. The van der Waals surface area contributed by atoms with Gasteiger partial charge in [0.2, 0.25) is 0 Å². The van der Waals surface area contributed by atoms with Crippen LogP contribution in [0, 0.1) is 0 Å². The van der Waals surface area contributed by atoms with E-state index in [2.05, 4.69) is 221 Å². The van der Waals surface area contributed by atoms with Gasteiger partial charge in [-0.1, -0.05) is 161 Å². The lowest BCUT2D eigenvalue weighted by atomic mass is 9.81. The molecule has 0 amide bonds. The van der Waals surface area contributed by atoms with Crippen molar-refractivity contribution < 1.29 is 4.42 Å². The summed E-state index contributed by atoms with van der Waals surface area (Å²) < 4.78 is 6.16.